The summed E-state index contributed by atoms with van der Waals surface area (Å²) in [5.41, 5.74) is -0.0524. The van der Waals surface area contributed by atoms with Crippen LogP contribution < -0.4 is 0 Å². The minimum absolute atomic E-state index is 0.0524. The highest BCUT2D eigenvalue weighted by Gasteiger charge is 2.20. The van der Waals surface area contributed by atoms with Crippen LogP contribution in [0.3, 0.4) is 0 Å². The quantitative estimate of drug-likeness (QED) is 0.741. The SMILES string of the molecule is CCCN(CC(=O)OC)Cc1ncc(C(C)(C)C)o1. The molecule has 0 atom stereocenters. The molecule has 1 aromatic heterocycles. The molecule has 0 aromatic carbocycles. The van der Waals surface area contributed by atoms with Gasteiger partial charge in [-0.3, -0.25) is 9.69 Å². The summed E-state index contributed by atoms with van der Waals surface area (Å²) in [6, 6.07) is 0. The van der Waals surface area contributed by atoms with E-state index < -0.39 is 0 Å². The van der Waals surface area contributed by atoms with E-state index in [1.165, 1.54) is 7.11 Å². The number of hydrogen-bond acceptors (Lipinski definition) is 5. The van der Waals surface area contributed by atoms with Crippen LogP contribution in [-0.4, -0.2) is 36.1 Å². The van der Waals surface area contributed by atoms with E-state index in [0.29, 0.717) is 12.4 Å². The Bertz CT molecular complexity index is 407. The Hall–Kier alpha value is -1.36. The normalized spacial score (nSPS) is 11.9. The first-order valence-electron chi connectivity index (χ1n) is 6.61. The van der Waals surface area contributed by atoms with Crippen molar-refractivity contribution in [2.24, 2.45) is 0 Å². The number of methoxy groups -OCH3 is 1. The maximum atomic E-state index is 11.3. The lowest BCUT2D eigenvalue weighted by Crippen LogP contribution is -2.31. The number of aromatic nitrogens is 1. The van der Waals surface area contributed by atoms with E-state index in [1.807, 2.05) is 4.90 Å². The van der Waals surface area contributed by atoms with Crippen LogP contribution >= 0.6 is 0 Å². The molecular formula is C14H24N2O3. The summed E-state index contributed by atoms with van der Waals surface area (Å²) in [6.45, 7) is 9.90. The lowest BCUT2D eigenvalue weighted by molar-refractivity contribution is -0.142. The van der Waals surface area contributed by atoms with Crippen molar-refractivity contribution < 1.29 is 13.9 Å². The fourth-order valence-electron chi connectivity index (χ4n) is 1.70. The Balaban J connectivity index is 2.68. The average Bonchev–Trinajstić information content (AvgIpc) is 2.77. The minimum Gasteiger partial charge on any atom is -0.468 e. The van der Waals surface area contributed by atoms with Crippen LogP contribution in [0.2, 0.25) is 0 Å². The summed E-state index contributed by atoms with van der Waals surface area (Å²) in [7, 11) is 1.40. The number of esters is 1. The third-order valence-corrected chi connectivity index (χ3v) is 2.77. The molecule has 0 aliphatic rings. The first-order valence-corrected chi connectivity index (χ1v) is 6.61. The maximum absolute atomic E-state index is 11.3. The summed E-state index contributed by atoms with van der Waals surface area (Å²) in [4.78, 5) is 17.6. The predicted molar refractivity (Wildman–Crippen MR) is 72.8 cm³/mol. The van der Waals surface area contributed by atoms with E-state index in [0.717, 1.165) is 18.7 Å². The number of oxazole rings is 1. The van der Waals surface area contributed by atoms with Crippen molar-refractivity contribution in [1.29, 1.82) is 0 Å². The molecule has 19 heavy (non-hydrogen) atoms. The molecule has 108 valence electrons. The van der Waals surface area contributed by atoms with Gasteiger partial charge < -0.3 is 9.15 Å². The minimum atomic E-state index is -0.240. The van der Waals surface area contributed by atoms with Gasteiger partial charge in [0.1, 0.15) is 5.76 Å². The molecule has 0 bridgehead atoms. The van der Waals surface area contributed by atoms with Crippen LogP contribution in [0.1, 0.15) is 45.8 Å². The molecule has 0 radical (unpaired) electrons. The molecule has 5 nitrogen and oxygen atoms in total. The topological polar surface area (TPSA) is 55.6 Å². The van der Waals surface area contributed by atoms with Crippen LogP contribution in [0.5, 0.6) is 0 Å². The van der Waals surface area contributed by atoms with Gasteiger partial charge in [-0.15, -0.1) is 0 Å². The second-order valence-corrected chi connectivity index (χ2v) is 5.66. The number of carbonyl (C=O) groups is 1. The molecule has 1 rings (SSSR count). The summed E-state index contributed by atoms with van der Waals surface area (Å²) in [6.07, 6.45) is 2.72. The van der Waals surface area contributed by atoms with Gasteiger partial charge in [-0.1, -0.05) is 27.7 Å². The molecular weight excluding hydrogens is 244 g/mol. The van der Waals surface area contributed by atoms with Crippen molar-refractivity contribution in [3.63, 3.8) is 0 Å². The van der Waals surface area contributed by atoms with E-state index >= 15 is 0 Å². The maximum Gasteiger partial charge on any atom is 0.319 e. The zero-order valence-corrected chi connectivity index (χ0v) is 12.5. The molecule has 0 spiro atoms. The molecule has 0 unspecified atom stereocenters. The molecule has 5 heteroatoms. The molecule has 0 saturated carbocycles. The number of hydrogen-bond donors (Lipinski definition) is 0. The van der Waals surface area contributed by atoms with Crippen LogP contribution in [0.4, 0.5) is 0 Å². The summed E-state index contributed by atoms with van der Waals surface area (Å²) >= 11 is 0. The zero-order chi connectivity index (χ0) is 14.5. The molecule has 0 aliphatic heterocycles. The Morgan fingerprint density at radius 1 is 1.47 bits per heavy atom. The van der Waals surface area contributed by atoms with E-state index in [-0.39, 0.29) is 17.9 Å². The monoisotopic (exact) mass is 268 g/mol. The highest BCUT2D eigenvalue weighted by Crippen LogP contribution is 2.23. The molecule has 0 amide bonds. The van der Waals surface area contributed by atoms with Crippen molar-refractivity contribution in [3.05, 3.63) is 17.8 Å². The smallest absolute Gasteiger partial charge is 0.319 e. The number of carbonyl (C=O) groups excluding carboxylic acids is 1. The summed E-state index contributed by atoms with van der Waals surface area (Å²) < 4.78 is 10.4. The molecule has 1 aromatic rings. The first-order chi connectivity index (χ1) is 8.86. The van der Waals surface area contributed by atoms with Crippen LogP contribution in [0, 0.1) is 0 Å². The molecule has 0 fully saturated rings. The fraction of sp³-hybridized carbons (Fsp3) is 0.714. The van der Waals surface area contributed by atoms with Gasteiger partial charge >= 0.3 is 5.97 Å². The highest BCUT2D eigenvalue weighted by atomic mass is 16.5. The molecule has 0 N–H and O–H groups in total. The number of ether oxygens (including phenoxy) is 1. The van der Waals surface area contributed by atoms with Crippen LogP contribution in [0.15, 0.2) is 10.6 Å². The Labute approximate surface area is 114 Å². The standard InChI is InChI=1S/C14H24N2O3/c1-6-7-16(10-13(17)18-5)9-12-15-8-11(19-12)14(2,3)4/h8H,6-7,9-10H2,1-5H3. The largest absolute Gasteiger partial charge is 0.468 e. The Morgan fingerprint density at radius 3 is 2.63 bits per heavy atom. The van der Waals surface area contributed by atoms with E-state index in [9.17, 15) is 4.79 Å². The van der Waals surface area contributed by atoms with Crippen molar-refractivity contribution >= 4 is 5.97 Å². The van der Waals surface area contributed by atoms with E-state index in [2.05, 4.69) is 32.7 Å². The Morgan fingerprint density at radius 2 is 2.16 bits per heavy atom. The van der Waals surface area contributed by atoms with Crippen molar-refractivity contribution in [3.8, 4) is 0 Å². The average molecular weight is 268 g/mol. The van der Waals surface area contributed by atoms with Gasteiger partial charge in [-0.2, -0.15) is 0 Å². The van der Waals surface area contributed by atoms with Crippen molar-refractivity contribution in [2.45, 2.75) is 46.1 Å². The molecule has 0 aliphatic carbocycles. The second kappa shape index (κ2) is 6.70. The van der Waals surface area contributed by atoms with Gasteiger partial charge in [0, 0.05) is 5.41 Å². The predicted octanol–water partition coefficient (Wildman–Crippen LogP) is 2.36. The van der Waals surface area contributed by atoms with Crippen LogP contribution in [-0.2, 0) is 21.5 Å². The number of rotatable bonds is 6. The van der Waals surface area contributed by atoms with Gasteiger partial charge in [0.05, 0.1) is 26.4 Å². The number of nitrogens with zero attached hydrogens (tertiary/aromatic N) is 2. The third-order valence-electron chi connectivity index (χ3n) is 2.77. The van der Waals surface area contributed by atoms with Gasteiger partial charge in [0.15, 0.2) is 0 Å². The third kappa shape index (κ3) is 5.03. The Kier molecular flexibility index (Phi) is 5.54. The lowest BCUT2D eigenvalue weighted by atomic mass is 9.94. The lowest BCUT2D eigenvalue weighted by Gasteiger charge is -2.18. The van der Waals surface area contributed by atoms with Crippen molar-refractivity contribution in [2.75, 3.05) is 20.2 Å². The molecule has 1 heterocycles. The van der Waals surface area contributed by atoms with Crippen LogP contribution in [0.25, 0.3) is 0 Å². The van der Waals surface area contributed by atoms with Gasteiger partial charge in [0.2, 0.25) is 5.89 Å². The van der Waals surface area contributed by atoms with E-state index in [4.69, 9.17) is 9.15 Å². The molecule has 0 saturated heterocycles. The fourth-order valence-corrected chi connectivity index (χ4v) is 1.70. The zero-order valence-electron chi connectivity index (χ0n) is 12.5. The van der Waals surface area contributed by atoms with Gasteiger partial charge in [-0.25, -0.2) is 4.98 Å². The summed E-state index contributed by atoms with van der Waals surface area (Å²) in [5, 5.41) is 0. The second-order valence-electron chi connectivity index (χ2n) is 5.66. The van der Waals surface area contributed by atoms with Gasteiger partial charge in [-0.05, 0) is 13.0 Å². The van der Waals surface area contributed by atoms with Gasteiger partial charge in [0.25, 0.3) is 0 Å². The van der Waals surface area contributed by atoms with E-state index in [1.54, 1.807) is 6.20 Å². The highest BCUT2D eigenvalue weighted by molar-refractivity contribution is 5.71. The first kappa shape index (κ1) is 15.7. The van der Waals surface area contributed by atoms with Crippen molar-refractivity contribution in [1.82, 2.24) is 9.88 Å². The summed E-state index contributed by atoms with van der Waals surface area (Å²) in [5.74, 6) is 1.26.